The van der Waals surface area contributed by atoms with Crippen molar-refractivity contribution in [2.24, 2.45) is 0 Å². The van der Waals surface area contributed by atoms with Crippen LogP contribution in [0.5, 0.6) is 5.75 Å². The quantitative estimate of drug-likeness (QED) is 0.517. The summed E-state index contributed by atoms with van der Waals surface area (Å²) in [7, 11) is 0. The molecule has 7 heteroatoms. The average molecular weight is 489 g/mol. The number of benzene rings is 2. The number of hydrogen-bond acceptors (Lipinski definition) is 4. The molecular weight excluding hydrogens is 469 g/mol. The molecule has 0 saturated heterocycles. The smallest absolute Gasteiger partial charge is 0.253 e. The van der Waals surface area contributed by atoms with E-state index < -0.39 is 0 Å². The average Bonchev–Trinajstić information content (AvgIpc) is 2.70. The Morgan fingerprint density at radius 2 is 1.86 bits per heavy atom. The summed E-state index contributed by atoms with van der Waals surface area (Å²) in [6.07, 6.45) is 1.51. The molecule has 0 spiro atoms. The molecule has 1 heterocycles. The van der Waals surface area contributed by atoms with Gasteiger partial charge in [-0.2, -0.15) is 0 Å². The highest BCUT2D eigenvalue weighted by atomic mass is 127. The number of amides is 1. The van der Waals surface area contributed by atoms with Crippen molar-refractivity contribution in [3.05, 3.63) is 80.4 Å². The van der Waals surface area contributed by atoms with Crippen molar-refractivity contribution in [3.8, 4) is 17.0 Å². The third-order valence-electron chi connectivity index (χ3n) is 4.09. The molecule has 0 fully saturated rings. The summed E-state index contributed by atoms with van der Waals surface area (Å²) in [6.45, 7) is 3.23. The van der Waals surface area contributed by atoms with Gasteiger partial charge in [0, 0.05) is 33.9 Å². The zero-order valence-electron chi connectivity index (χ0n) is 15.4. The van der Waals surface area contributed by atoms with Crippen molar-refractivity contribution < 1.29 is 9.53 Å². The molecule has 2 aromatic carbocycles. The van der Waals surface area contributed by atoms with E-state index in [9.17, 15) is 9.59 Å². The van der Waals surface area contributed by atoms with Crippen LogP contribution in [-0.4, -0.2) is 28.6 Å². The topological polar surface area (TPSA) is 73.2 Å². The molecule has 0 saturated carbocycles. The molecule has 1 N–H and O–H groups in total. The van der Waals surface area contributed by atoms with E-state index in [2.05, 4.69) is 32.9 Å². The third kappa shape index (κ3) is 5.19. The van der Waals surface area contributed by atoms with Crippen molar-refractivity contribution in [1.82, 2.24) is 14.9 Å². The molecule has 0 aliphatic rings. The van der Waals surface area contributed by atoms with Crippen molar-refractivity contribution in [3.63, 3.8) is 0 Å². The van der Waals surface area contributed by atoms with Crippen LogP contribution in [0.15, 0.2) is 65.7 Å². The molecule has 0 aliphatic carbocycles. The van der Waals surface area contributed by atoms with Crippen LogP contribution in [0.25, 0.3) is 11.3 Å². The number of aromatic nitrogens is 2. The van der Waals surface area contributed by atoms with E-state index >= 15 is 0 Å². The number of rotatable bonds is 7. The number of nitrogens with zero attached hydrogens (tertiary/aromatic N) is 2. The van der Waals surface area contributed by atoms with Crippen molar-refractivity contribution in [2.45, 2.75) is 13.5 Å². The van der Waals surface area contributed by atoms with Gasteiger partial charge in [-0.15, -0.1) is 0 Å². The predicted octanol–water partition coefficient (Wildman–Crippen LogP) is 3.34. The van der Waals surface area contributed by atoms with Crippen LogP contribution >= 0.6 is 22.6 Å². The number of ether oxygens (including phenoxy) is 1. The largest absolute Gasteiger partial charge is 0.494 e. The summed E-state index contributed by atoms with van der Waals surface area (Å²) in [4.78, 5) is 28.8. The van der Waals surface area contributed by atoms with Gasteiger partial charge in [-0.05, 0) is 78.0 Å². The van der Waals surface area contributed by atoms with Crippen LogP contribution in [-0.2, 0) is 6.54 Å². The molecule has 1 amide bonds. The lowest BCUT2D eigenvalue weighted by Gasteiger charge is -2.09. The normalized spacial score (nSPS) is 10.5. The first-order valence-corrected chi connectivity index (χ1v) is 9.98. The standard InChI is InChI=1S/C21H20IN3O3/c1-2-28-18-9-5-15(6-10-18)19-13-20(26)25(14-24-19)12-11-23-21(27)16-3-7-17(22)8-4-16/h3-10,13-14H,2,11-12H2,1H3,(H,23,27). The Labute approximate surface area is 176 Å². The van der Waals surface area contributed by atoms with Gasteiger partial charge >= 0.3 is 0 Å². The molecule has 0 bridgehead atoms. The van der Waals surface area contributed by atoms with Gasteiger partial charge in [-0.1, -0.05) is 0 Å². The van der Waals surface area contributed by atoms with Gasteiger partial charge in [0.15, 0.2) is 0 Å². The molecule has 0 unspecified atom stereocenters. The van der Waals surface area contributed by atoms with Crippen LogP contribution in [0.1, 0.15) is 17.3 Å². The van der Waals surface area contributed by atoms with Crippen LogP contribution in [0.3, 0.4) is 0 Å². The first-order valence-electron chi connectivity index (χ1n) is 8.90. The van der Waals surface area contributed by atoms with Crippen LogP contribution < -0.4 is 15.6 Å². The second-order valence-electron chi connectivity index (χ2n) is 6.03. The number of carbonyl (C=O) groups excluding carboxylic acids is 1. The molecule has 1 aromatic heterocycles. The fourth-order valence-electron chi connectivity index (χ4n) is 2.63. The Balaban J connectivity index is 1.60. The second kappa shape index (κ2) is 9.50. The molecule has 3 rings (SSSR count). The minimum atomic E-state index is -0.164. The fraction of sp³-hybridized carbons (Fsp3) is 0.190. The Morgan fingerprint density at radius 1 is 1.14 bits per heavy atom. The van der Waals surface area contributed by atoms with Crippen LogP contribution in [0.4, 0.5) is 0 Å². The Bertz CT molecular complexity index is 999. The van der Waals surface area contributed by atoms with E-state index in [1.807, 2.05) is 43.3 Å². The summed E-state index contributed by atoms with van der Waals surface area (Å²) in [6, 6.07) is 16.3. The van der Waals surface area contributed by atoms with Crippen LogP contribution in [0.2, 0.25) is 0 Å². The van der Waals surface area contributed by atoms with E-state index in [1.165, 1.54) is 17.0 Å². The van der Waals surface area contributed by atoms with Crippen molar-refractivity contribution >= 4 is 28.5 Å². The summed E-state index contributed by atoms with van der Waals surface area (Å²) in [5, 5.41) is 2.82. The molecule has 6 nitrogen and oxygen atoms in total. The monoisotopic (exact) mass is 489 g/mol. The second-order valence-corrected chi connectivity index (χ2v) is 7.27. The maximum absolute atomic E-state index is 12.4. The van der Waals surface area contributed by atoms with Gasteiger partial charge in [0.25, 0.3) is 11.5 Å². The number of hydrogen-bond donors (Lipinski definition) is 1. The predicted molar refractivity (Wildman–Crippen MR) is 117 cm³/mol. The molecule has 144 valence electrons. The lowest BCUT2D eigenvalue weighted by atomic mass is 10.1. The number of carbonyl (C=O) groups is 1. The lowest BCUT2D eigenvalue weighted by molar-refractivity contribution is 0.0952. The molecule has 3 aromatic rings. The number of halogens is 1. The zero-order valence-corrected chi connectivity index (χ0v) is 17.5. The first-order chi connectivity index (χ1) is 13.6. The van der Waals surface area contributed by atoms with E-state index in [0.717, 1.165) is 14.9 Å². The molecule has 0 radical (unpaired) electrons. The SMILES string of the molecule is CCOc1ccc(-c2cc(=O)n(CCNC(=O)c3ccc(I)cc3)cn2)cc1. The van der Waals surface area contributed by atoms with Gasteiger partial charge in [0.05, 0.1) is 18.6 Å². The van der Waals surface area contributed by atoms with E-state index in [4.69, 9.17) is 4.74 Å². The van der Waals surface area contributed by atoms with Gasteiger partial charge in [0.2, 0.25) is 0 Å². The molecule has 0 atom stereocenters. The lowest BCUT2D eigenvalue weighted by Crippen LogP contribution is -2.30. The summed E-state index contributed by atoms with van der Waals surface area (Å²) in [5.74, 6) is 0.617. The number of nitrogens with one attached hydrogen (secondary N) is 1. The van der Waals surface area contributed by atoms with E-state index in [1.54, 1.807) is 12.1 Å². The van der Waals surface area contributed by atoms with Gasteiger partial charge in [0.1, 0.15) is 5.75 Å². The first kappa shape index (κ1) is 20.1. The van der Waals surface area contributed by atoms with Gasteiger partial charge in [-0.25, -0.2) is 4.98 Å². The summed E-state index contributed by atoms with van der Waals surface area (Å²) >= 11 is 2.19. The van der Waals surface area contributed by atoms with Gasteiger partial charge in [-0.3, -0.25) is 14.2 Å². The highest BCUT2D eigenvalue weighted by molar-refractivity contribution is 14.1. The Morgan fingerprint density at radius 3 is 2.50 bits per heavy atom. The zero-order chi connectivity index (χ0) is 19.9. The summed E-state index contributed by atoms with van der Waals surface area (Å²) < 4.78 is 7.97. The Hall–Kier alpha value is -2.68. The molecule has 0 aliphatic heterocycles. The van der Waals surface area contributed by atoms with E-state index in [-0.39, 0.29) is 11.5 Å². The highest BCUT2D eigenvalue weighted by Gasteiger charge is 2.06. The third-order valence-corrected chi connectivity index (χ3v) is 4.80. The molecular formula is C21H20IN3O3. The van der Waals surface area contributed by atoms with Crippen molar-refractivity contribution in [2.75, 3.05) is 13.2 Å². The van der Waals surface area contributed by atoms with E-state index in [0.29, 0.717) is 31.0 Å². The van der Waals surface area contributed by atoms with Gasteiger partial charge < -0.3 is 10.1 Å². The maximum Gasteiger partial charge on any atom is 0.253 e. The maximum atomic E-state index is 12.4. The fourth-order valence-corrected chi connectivity index (χ4v) is 2.99. The minimum absolute atomic E-state index is 0.164. The summed E-state index contributed by atoms with van der Waals surface area (Å²) in [5.41, 5.74) is 1.88. The highest BCUT2D eigenvalue weighted by Crippen LogP contribution is 2.19. The Kier molecular flexibility index (Phi) is 6.80. The molecule has 28 heavy (non-hydrogen) atoms. The van der Waals surface area contributed by atoms with Crippen molar-refractivity contribution in [1.29, 1.82) is 0 Å². The van der Waals surface area contributed by atoms with Crippen LogP contribution in [0, 0.1) is 3.57 Å². The minimum Gasteiger partial charge on any atom is -0.494 e.